The molecule has 5 nitrogen and oxygen atoms in total. The van der Waals surface area contributed by atoms with Gasteiger partial charge in [0.15, 0.2) is 0 Å². The van der Waals surface area contributed by atoms with E-state index in [0.717, 1.165) is 11.3 Å². The van der Waals surface area contributed by atoms with Crippen LogP contribution in [-0.2, 0) is 0 Å². The monoisotopic (exact) mass is 343 g/mol. The number of benzene rings is 1. The Hall–Kier alpha value is -1.44. The summed E-state index contributed by atoms with van der Waals surface area (Å²) in [5.74, 6) is 0.490. The fourth-order valence-electron chi connectivity index (χ4n) is 1.42. The maximum atomic E-state index is 11.0. The van der Waals surface area contributed by atoms with Crippen LogP contribution < -0.4 is 4.74 Å². The van der Waals surface area contributed by atoms with Crippen LogP contribution in [0.1, 0.15) is 17.9 Å². The summed E-state index contributed by atoms with van der Waals surface area (Å²) in [5.41, 5.74) is -0.142. The molecule has 0 spiro atoms. The molecule has 0 unspecified atom stereocenters. The van der Waals surface area contributed by atoms with Crippen LogP contribution in [0.2, 0.25) is 0 Å². The van der Waals surface area contributed by atoms with Gasteiger partial charge in [-0.05, 0) is 35.0 Å². The van der Waals surface area contributed by atoms with Gasteiger partial charge in [-0.25, -0.2) is 0 Å². The zero-order valence-electron chi connectivity index (χ0n) is 9.87. The number of hydrogen-bond acceptors (Lipinski definition) is 5. The van der Waals surface area contributed by atoms with E-state index in [1.165, 1.54) is 6.07 Å². The highest BCUT2D eigenvalue weighted by molar-refractivity contribution is 9.10. The summed E-state index contributed by atoms with van der Waals surface area (Å²) < 4.78 is 6.26. The summed E-state index contributed by atoms with van der Waals surface area (Å²) in [5, 5.41) is 20.6. The first-order valence-corrected chi connectivity index (χ1v) is 6.98. The molecule has 0 radical (unpaired) electrons. The Balaban J connectivity index is 2.39. The van der Waals surface area contributed by atoms with E-state index in [9.17, 15) is 15.2 Å². The Morgan fingerprint density at radius 1 is 1.47 bits per heavy atom. The van der Waals surface area contributed by atoms with Crippen molar-refractivity contribution in [3.05, 3.63) is 49.8 Å². The van der Waals surface area contributed by atoms with Gasteiger partial charge < -0.3 is 9.84 Å². The van der Waals surface area contributed by atoms with Crippen molar-refractivity contribution in [2.45, 2.75) is 13.0 Å². The molecule has 0 aliphatic heterocycles. The minimum absolute atomic E-state index is 0.142. The Morgan fingerprint density at radius 3 is 2.74 bits per heavy atom. The van der Waals surface area contributed by atoms with E-state index in [4.69, 9.17) is 4.74 Å². The molecule has 0 saturated heterocycles. The van der Waals surface area contributed by atoms with Crippen molar-refractivity contribution in [1.82, 2.24) is 0 Å². The average Bonchev–Trinajstić information content (AvgIpc) is 2.76. The van der Waals surface area contributed by atoms with Gasteiger partial charge in [0.2, 0.25) is 0 Å². The predicted octanol–water partition coefficient (Wildman–Crippen LogP) is 4.26. The summed E-state index contributed by atoms with van der Waals surface area (Å²) in [6.07, 6.45) is -0.764. The molecule has 2 rings (SSSR count). The number of thiophene rings is 1. The summed E-state index contributed by atoms with van der Waals surface area (Å²) in [4.78, 5) is 10.9. The van der Waals surface area contributed by atoms with Gasteiger partial charge in [-0.3, -0.25) is 10.1 Å². The van der Waals surface area contributed by atoms with Crippen molar-refractivity contribution in [3.63, 3.8) is 0 Å². The summed E-state index contributed by atoms with van der Waals surface area (Å²) in [6, 6.07) is 8.41. The number of aliphatic hydroxyl groups is 1. The van der Waals surface area contributed by atoms with Gasteiger partial charge in [0.1, 0.15) is 5.75 Å². The van der Waals surface area contributed by atoms with Crippen LogP contribution >= 0.6 is 27.3 Å². The van der Waals surface area contributed by atoms with E-state index in [2.05, 4.69) is 15.9 Å². The standard InChI is InChI=1S/C12H10BrNO4S/c1-7(15)11-6-9(14(16)17)12(19-11)18-10-5-3-2-4-8(10)13/h2-7,15H,1H3/t7-/m1/s1. The molecule has 0 saturated carbocycles. The Bertz CT molecular complexity index is 612. The van der Waals surface area contributed by atoms with Crippen LogP contribution in [-0.4, -0.2) is 10.0 Å². The molecule has 0 fully saturated rings. The van der Waals surface area contributed by atoms with Crippen molar-refractivity contribution in [3.8, 4) is 10.8 Å². The second-order valence-electron chi connectivity index (χ2n) is 3.79. The number of nitrogens with zero attached hydrogens (tertiary/aromatic N) is 1. The van der Waals surface area contributed by atoms with Gasteiger partial charge in [-0.15, -0.1) is 0 Å². The molecule has 0 aliphatic carbocycles. The third kappa shape index (κ3) is 3.12. The first kappa shape index (κ1) is 14.0. The minimum atomic E-state index is -0.764. The number of para-hydroxylation sites is 1. The smallest absolute Gasteiger partial charge is 0.323 e. The van der Waals surface area contributed by atoms with Crippen molar-refractivity contribution < 1.29 is 14.8 Å². The Labute approximate surface area is 121 Å². The zero-order valence-corrected chi connectivity index (χ0v) is 12.3. The van der Waals surface area contributed by atoms with Crippen LogP contribution in [0.25, 0.3) is 0 Å². The van der Waals surface area contributed by atoms with Crippen LogP contribution in [0.5, 0.6) is 10.8 Å². The van der Waals surface area contributed by atoms with Gasteiger partial charge in [0.05, 0.1) is 15.5 Å². The number of aliphatic hydroxyl groups excluding tert-OH is 1. The highest BCUT2D eigenvalue weighted by atomic mass is 79.9. The lowest BCUT2D eigenvalue weighted by Crippen LogP contribution is -1.89. The molecule has 7 heteroatoms. The van der Waals surface area contributed by atoms with Crippen molar-refractivity contribution in [2.24, 2.45) is 0 Å². The lowest BCUT2D eigenvalue weighted by Gasteiger charge is -2.04. The molecule has 0 amide bonds. The molecule has 1 aromatic heterocycles. The van der Waals surface area contributed by atoms with Crippen LogP contribution in [0.4, 0.5) is 5.69 Å². The maximum absolute atomic E-state index is 11.0. The quantitative estimate of drug-likeness (QED) is 0.664. The highest BCUT2D eigenvalue weighted by Gasteiger charge is 2.23. The molecular formula is C12H10BrNO4S. The first-order chi connectivity index (χ1) is 8.99. The van der Waals surface area contributed by atoms with Crippen LogP contribution in [0.15, 0.2) is 34.8 Å². The molecule has 0 aliphatic rings. The minimum Gasteiger partial charge on any atom is -0.439 e. The largest absolute Gasteiger partial charge is 0.439 e. The van der Waals surface area contributed by atoms with Gasteiger partial charge in [0.25, 0.3) is 5.06 Å². The predicted molar refractivity (Wildman–Crippen MR) is 75.8 cm³/mol. The highest BCUT2D eigenvalue weighted by Crippen LogP contribution is 2.43. The normalized spacial score (nSPS) is 12.2. The third-order valence-corrected chi connectivity index (χ3v) is 4.17. The molecule has 1 atom stereocenters. The Morgan fingerprint density at radius 2 is 2.16 bits per heavy atom. The molecule has 2 aromatic rings. The number of nitro groups is 1. The topological polar surface area (TPSA) is 72.6 Å². The molecule has 1 N–H and O–H groups in total. The van der Waals surface area contributed by atoms with Crippen molar-refractivity contribution >= 4 is 33.0 Å². The fraction of sp³-hybridized carbons (Fsp3) is 0.167. The first-order valence-electron chi connectivity index (χ1n) is 5.37. The van der Waals surface area contributed by atoms with Crippen LogP contribution in [0.3, 0.4) is 0 Å². The summed E-state index contributed by atoms with van der Waals surface area (Å²) in [7, 11) is 0. The Kier molecular flexibility index (Phi) is 4.18. The van der Waals surface area contributed by atoms with E-state index in [1.807, 2.05) is 6.07 Å². The average molecular weight is 344 g/mol. The van der Waals surface area contributed by atoms with Crippen molar-refractivity contribution in [2.75, 3.05) is 0 Å². The number of hydrogen-bond donors (Lipinski definition) is 1. The van der Waals surface area contributed by atoms with Gasteiger partial charge in [-0.1, -0.05) is 23.5 Å². The summed E-state index contributed by atoms with van der Waals surface area (Å²) in [6.45, 7) is 1.55. The van der Waals surface area contributed by atoms with E-state index in [0.29, 0.717) is 15.1 Å². The van der Waals surface area contributed by atoms with Gasteiger partial charge in [0, 0.05) is 10.9 Å². The second kappa shape index (κ2) is 5.68. The van der Waals surface area contributed by atoms with Gasteiger partial charge in [-0.2, -0.15) is 0 Å². The fourth-order valence-corrected chi connectivity index (χ4v) is 2.71. The molecule has 1 heterocycles. The number of rotatable bonds is 4. The second-order valence-corrected chi connectivity index (χ2v) is 5.69. The van der Waals surface area contributed by atoms with Crippen LogP contribution in [0, 0.1) is 10.1 Å². The SMILES string of the molecule is C[C@@H](O)c1cc([N+](=O)[O-])c(Oc2ccccc2Br)s1. The number of ether oxygens (including phenoxy) is 1. The van der Waals surface area contributed by atoms with Gasteiger partial charge >= 0.3 is 5.69 Å². The van der Waals surface area contributed by atoms with E-state index >= 15 is 0 Å². The van der Waals surface area contributed by atoms with E-state index in [-0.39, 0.29) is 10.8 Å². The molecule has 1 aromatic carbocycles. The lowest BCUT2D eigenvalue weighted by molar-refractivity contribution is -0.385. The molecule has 0 bridgehead atoms. The maximum Gasteiger partial charge on any atom is 0.323 e. The summed E-state index contributed by atoms with van der Waals surface area (Å²) >= 11 is 4.38. The zero-order chi connectivity index (χ0) is 14.0. The van der Waals surface area contributed by atoms with Crippen molar-refractivity contribution in [1.29, 1.82) is 0 Å². The molecular weight excluding hydrogens is 334 g/mol. The molecule has 19 heavy (non-hydrogen) atoms. The third-order valence-electron chi connectivity index (χ3n) is 2.35. The van der Waals surface area contributed by atoms with E-state index < -0.39 is 11.0 Å². The number of halogens is 1. The lowest BCUT2D eigenvalue weighted by atomic mass is 10.3. The molecule has 100 valence electrons. The van der Waals surface area contributed by atoms with E-state index in [1.54, 1.807) is 25.1 Å².